The SMILES string of the molecule is CC(CCNCc1ccccc1)c1ccc(-c2ccc(F)cc2)cc1. The van der Waals surface area contributed by atoms with Gasteiger partial charge in [-0.1, -0.05) is 73.7 Å². The molecule has 1 N–H and O–H groups in total. The van der Waals surface area contributed by atoms with E-state index < -0.39 is 0 Å². The Bertz CT molecular complexity index is 763. The summed E-state index contributed by atoms with van der Waals surface area (Å²) in [6.07, 6.45) is 1.10. The third-order valence-electron chi connectivity index (χ3n) is 4.58. The van der Waals surface area contributed by atoms with E-state index in [1.807, 2.05) is 18.2 Å². The molecule has 0 aliphatic rings. The van der Waals surface area contributed by atoms with E-state index in [-0.39, 0.29) is 5.82 Å². The summed E-state index contributed by atoms with van der Waals surface area (Å²) in [5.41, 5.74) is 4.83. The maximum Gasteiger partial charge on any atom is 0.123 e. The number of hydrogen-bond acceptors (Lipinski definition) is 1. The molecule has 0 saturated carbocycles. The first-order chi connectivity index (χ1) is 12.2. The Morgan fingerprint density at radius 2 is 1.40 bits per heavy atom. The van der Waals surface area contributed by atoms with Gasteiger partial charge in [0, 0.05) is 6.54 Å². The van der Waals surface area contributed by atoms with Crippen LogP contribution in [0.3, 0.4) is 0 Å². The summed E-state index contributed by atoms with van der Waals surface area (Å²) in [6.45, 7) is 4.17. The second kappa shape index (κ2) is 8.59. The maximum absolute atomic E-state index is 13.0. The average molecular weight is 333 g/mol. The summed E-state index contributed by atoms with van der Waals surface area (Å²) in [5, 5.41) is 3.51. The fourth-order valence-electron chi connectivity index (χ4n) is 2.96. The lowest BCUT2D eigenvalue weighted by atomic mass is 9.95. The standard InChI is InChI=1S/C23H24FN/c1-18(15-16-25-17-19-5-3-2-4-6-19)20-7-9-21(10-8-20)22-11-13-23(24)14-12-22/h2-14,18,25H,15-17H2,1H3. The van der Waals surface area contributed by atoms with Gasteiger partial charge in [0.05, 0.1) is 0 Å². The van der Waals surface area contributed by atoms with Crippen LogP contribution < -0.4 is 5.32 Å². The Morgan fingerprint density at radius 1 is 0.800 bits per heavy atom. The molecule has 3 rings (SSSR count). The van der Waals surface area contributed by atoms with Crippen molar-refractivity contribution in [1.29, 1.82) is 0 Å². The first kappa shape index (κ1) is 17.4. The monoisotopic (exact) mass is 333 g/mol. The zero-order valence-corrected chi connectivity index (χ0v) is 14.6. The van der Waals surface area contributed by atoms with E-state index in [2.05, 4.69) is 60.8 Å². The number of benzene rings is 3. The molecule has 1 unspecified atom stereocenters. The van der Waals surface area contributed by atoms with Gasteiger partial charge in [0.2, 0.25) is 0 Å². The Hall–Kier alpha value is -2.45. The van der Waals surface area contributed by atoms with E-state index in [1.165, 1.54) is 23.3 Å². The van der Waals surface area contributed by atoms with Gasteiger partial charge in [-0.05, 0) is 53.3 Å². The van der Waals surface area contributed by atoms with E-state index in [0.717, 1.165) is 30.6 Å². The molecular weight excluding hydrogens is 309 g/mol. The zero-order chi connectivity index (χ0) is 17.5. The largest absolute Gasteiger partial charge is 0.313 e. The molecule has 1 atom stereocenters. The van der Waals surface area contributed by atoms with Crippen molar-refractivity contribution in [3.63, 3.8) is 0 Å². The van der Waals surface area contributed by atoms with E-state index in [9.17, 15) is 4.39 Å². The molecule has 0 saturated heterocycles. The van der Waals surface area contributed by atoms with Crippen LogP contribution in [0, 0.1) is 5.82 Å². The topological polar surface area (TPSA) is 12.0 Å². The highest BCUT2D eigenvalue weighted by Gasteiger charge is 2.06. The molecule has 0 aliphatic heterocycles. The van der Waals surface area contributed by atoms with Crippen molar-refractivity contribution < 1.29 is 4.39 Å². The predicted octanol–water partition coefficient (Wildman–Crippen LogP) is 5.78. The normalized spacial score (nSPS) is 12.1. The highest BCUT2D eigenvalue weighted by molar-refractivity contribution is 5.63. The molecule has 0 heterocycles. The number of hydrogen-bond donors (Lipinski definition) is 1. The molecule has 1 nitrogen and oxygen atoms in total. The Balaban J connectivity index is 1.50. The molecule has 3 aromatic rings. The van der Waals surface area contributed by atoms with Gasteiger partial charge in [-0.2, -0.15) is 0 Å². The van der Waals surface area contributed by atoms with Gasteiger partial charge >= 0.3 is 0 Å². The molecule has 128 valence electrons. The maximum atomic E-state index is 13.0. The summed E-state index contributed by atoms with van der Waals surface area (Å²) >= 11 is 0. The molecule has 2 heteroatoms. The van der Waals surface area contributed by atoms with Crippen LogP contribution in [-0.2, 0) is 6.54 Å². The Kier molecular flexibility index (Phi) is 5.97. The summed E-state index contributed by atoms with van der Waals surface area (Å²) in [4.78, 5) is 0. The second-order valence-corrected chi connectivity index (χ2v) is 6.48. The quantitative estimate of drug-likeness (QED) is 0.541. The van der Waals surface area contributed by atoms with E-state index >= 15 is 0 Å². The fraction of sp³-hybridized carbons (Fsp3) is 0.217. The lowest BCUT2D eigenvalue weighted by Crippen LogP contribution is -2.16. The van der Waals surface area contributed by atoms with Crippen molar-refractivity contribution in [2.24, 2.45) is 0 Å². The van der Waals surface area contributed by atoms with Gasteiger partial charge in [-0.25, -0.2) is 4.39 Å². The first-order valence-electron chi connectivity index (χ1n) is 8.83. The molecule has 25 heavy (non-hydrogen) atoms. The smallest absolute Gasteiger partial charge is 0.123 e. The molecule has 3 aromatic carbocycles. The van der Waals surface area contributed by atoms with Crippen LogP contribution in [0.2, 0.25) is 0 Å². The molecular formula is C23H24FN. The predicted molar refractivity (Wildman–Crippen MR) is 103 cm³/mol. The van der Waals surface area contributed by atoms with E-state index in [1.54, 1.807) is 0 Å². The van der Waals surface area contributed by atoms with Gasteiger partial charge in [-0.3, -0.25) is 0 Å². The zero-order valence-electron chi connectivity index (χ0n) is 14.6. The first-order valence-corrected chi connectivity index (χ1v) is 8.83. The minimum Gasteiger partial charge on any atom is -0.313 e. The third kappa shape index (κ3) is 5.01. The summed E-state index contributed by atoms with van der Waals surface area (Å²) < 4.78 is 13.0. The van der Waals surface area contributed by atoms with Crippen LogP contribution in [0.25, 0.3) is 11.1 Å². The van der Waals surface area contributed by atoms with Gasteiger partial charge in [0.25, 0.3) is 0 Å². The van der Waals surface area contributed by atoms with Crippen LogP contribution in [0.15, 0.2) is 78.9 Å². The fourth-order valence-corrected chi connectivity index (χ4v) is 2.96. The average Bonchev–Trinajstić information content (AvgIpc) is 2.67. The van der Waals surface area contributed by atoms with Crippen LogP contribution in [0.5, 0.6) is 0 Å². The molecule has 0 radical (unpaired) electrons. The number of rotatable bonds is 7. The van der Waals surface area contributed by atoms with Gasteiger partial charge < -0.3 is 5.32 Å². The summed E-state index contributed by atoms with van der Waals surface area (Å²) in [7, 11) is 0. The number of halogens is 1. The minimum absolute atomic E-state index is 0.197. The van der Waals surface area contributed by atoms with Crippen LogP contribution in [-0.4, -0.2) is 6.54 Å². The van der Waals surface area contributed by atoms with Crippen molar-refractivity contribution >= 4 is 0 Å². The molecule has 0 amide bonds. The summed E-state index contributed by atoms with van der Waals surface area (Å²) in [6, 6.07) is 25.7. The van der Waals surface area contributed by atoms with Crippen molar-refractivity contribution in [2.75, 3.05) is 6.54 Å². The van der Waals surface area contributed by atoms with Gasteiger partial charge in [0.1, 0.15) is 5.82 Å². The summed E-state index contributed by atoms with van der Waals surface area (Å²) in [5.74, 6) is 0.308. The third-order valence-corrected chi connectivity index (χ3v) is 4.58. The van der Waals surface area contributed by atoms with Crippen molar-refractivity contribution in [1.82, 2.24) is 5.32 Å². The Labute approximate surface area is 149 Å². The van der Waals surface area contributed by atoms with Crippen LogP contribution in [0.1, 0.15) is 30.4 Å². The van der Waals surface area contributed by atoms with Crippen molar-refractivity contribution in [3.8, 4) is 11.1 Å². The minimum atomic E-state index is -0.197. The van der Waals surface area contributed by atoms with Gasteiger partial charge in [-0.15, -0.1) is 0 Å². The van der Waals surface area contributed by atoms with E-state index in [4.69, 9.17) is 0 Å². The molecule has 0 bridgehead atoms. The lowest BCUT2D eigenvalue weighted by Gasteiger charge is -2.13. The highest BCUT2D eigenvalue weighted by Crippen LogP contribution is 2.24. The van der Waals surface area contributed by atoms with E-state index in [0.29, 0.717) is 5.92 Å². The molecule has 0 spiro atoms. The molecule has 0 aromatic heterocycles. The highest BCUT2D eigenvalue weighted by atomic mass is 19.1. The molecule has 0 aliphatic carbocycles. The van der Waals surface area contributed by atoms with Crippen LogP contribution >= 0.6 is 0 Å². The number of nitrogens with one attached hydrogen (secondary N) is 1. The van der Waals surface area contributed by atoms with Crippen molar-refractivity contribution in [3.05, 3.63) is 95.8 Å². The lowest BCUT2D eigenvalue weighted by molar-refractivity contribution is 0.594. The van der Waals surface area contributed by atoms with Crippen LogP contribution in [0.4, 0.5) is 4.39 Å². The van der Waals surface area contributed by atoms with Gasteiger partial charge in [0.15, 0.2) is 0 Å². The second-order valence-electron chi connectivity index (χ2n) is 6.48. The van der Waals surface area contributed by atoms with Crippen molar-refractivity contribution in [2.45, 2.75) is 25.8 Å². The molecule has 0 fully saturated rings. The Morgan fingerprint density at radius 3 is 2.04 bits per heavy atom.